The molecule has 0 atom stereocenters. The molecule has 1 saturated heterocycles. The van der Waals surface area contributed by atoms with Crippen LogP contribution in [0.1, 0.15) is 16.8 Å². The fourth-order valence-electron chi connectivity index (χ4n) is 2.88. The van der Waals surface area contributed by atoms with Crippen molar-refractivity contribution in [2.24, 2.45) is 0 Å². The van der Waals surface area contributed by atoms with Crippen LogP contribution in [0.4, 0.5) is 11.6 Å². The average Bonchev–Trinajstić information content (AvgIpc) is 2.78. The fraction of sp³-hybridized carbons (Fsp3) is 0.300. The number of nitrogens with one attached hydrogen (secondary N) is 1. The van der Waals surface area contributed by atoms with E-state index in [2.05, 4.69) is 15.3 Å². The van der Waals surface area contributed by atoms with Crippen LogP contribution < -0.4 is 10.2 Å². The zero-order valence-corrected chi connectivity index (χ0v) is 16.2. The van der Waals surface area contributed by atoms with Gasteiger partial charge in [0.05, 0.1) is 11.6 Å². The van der Waals surface area contributed by atoms with Crippen molar-refractivity contribution in [2.75, 3.05) is 43.0 Å². The molecule has 1 aliphatic heterocycles. The van der Waals surface area contributed by atoms with Gasteiger partial charge in [-0.25, -0.2) is 14.8 Å². The standard InChI is InChI=1S/C20H20N6O4/c21-7-6-17(27)24-16-4-2-15(3-5-16)19(29)30-14-18(28)25-10-12-26(13-11-25)20-22-8-1-9-23-20/h1-5,8-9H,6,10-14H2,(H,24,27). The maximum Gasteiger partial charge on any atom is 0.338 e. The molecule has 1 aliphatic rings. The molecule has 2 aromatic rings. The van der Waals surface area contributed by atoms with E-state index in [1.54, 1.807) is 29.4 Å². The predicted molar refractivity (Wildman–Crippen MR) is 106 cm³/mol. The van der Waals surface area contributed by atoms with Gasteiger partial charge < -0.3 is 19.9 Å². The predicted octanol–water partition coefficient (Wildman–Crippen LogP) is 0.834. The molecule has 3 rings (SSSR count). The zero-order chi connectivity index (χ0) is 21.3. The van der Waals surface area contributed by atoms with E-state index in [1.165, 1.54) is 24.3 Å². The normalized spacial score (nSPS) is 13.3. The van der Waals surface area contributed by atoms with Gasteiger partial charge in [-0.2, -0.15) is 5.26 Å². The minimum atomic E-state index is -0.630. The van der Waals surface area contributed by atoms with Crippen molar-refractivity contribution in [3.05, 3.63) is 48.3 Å². The Morgan fingerprint density at radius 3 is 2.37 bits per heavy atom. The third kappa shape index (κ3) is 5.51. The number of ether oxygens (including phenoxy) is 1. The highest BCUT2D eigenvalue weighted by molar-refractivity contribution is 5.94. The van der Waals surface area contributed by atoms with Crippen molar-refractivity contribution in [3.8, 4) is 6.07 Å². The number of nitrogens with zero attached hydrogens (tertiary/aromatic N) is 5. The third-order valence-corrected chi connectivity index (χ3v) is 4.44. The lowest BCUT2D eigenvalue weighted by atomic mass is 10.2. The number of hydrogen-bond acceptors (Lipinski definition) is 8. The molecule has 30 heavy (non-hydrogen) atoms. The van der Waals surface area contributed by atoms with Gasteiger partial charge >= 0.3 is 5.97 Å². The Morgan fingerprint density at radius 2 is 1.73 bits per heavy atom. The second-order valence-corrected chi connectivity index (χ2v) is 6.45. The van der Waals surface area contributed by atoms with Crippen LogP contribution in [0.5, 0.6) is 0 Å². The summed E-state index contributed by atoms with van der Waals surface area (Å²) in [7, 11) is 0. The summed E-state index contributed by atoms with van der Waals surface area (Å²) in [5.74, 6) is -0.701. The lowest BCUT2D eigenvalue weighted by Gasteiger charge is -2.34. The fourth-order valence-corrected chi connectivity index (χ4v) is 2.88. The van der Waals surface area contributed by atoms with E-state index in [9.17, 15) is 14.4 Å². The van der Waals surface area contributed by atoms with Gasteiger partial charge in [0.2, 0.25) is 11.9 Å². The number of aromatic nitrogens is 2. The maximum absolute atomic E-state index is 12.3. The van der Waals surface area contributed by atoms with E-state index in [4.69, 9.17) is 10.00 Å². The van der Waals surface area contributed by atoms with Crippen LogP contribution in [-0.4, -0.2) is 65.4 Å². The van der Waals surface area contributed by atoms with Gasteiger partial charge in [-0.1, -0.05) is 0 Å². The van der Waals surface area contributed by atoms with Crippen molar-refractivity contribution >= 4 is 29.4 Å². The summed E-state index contributed by atoms with van der Waals surface area (Å²) < 4.78 is 5.12. The van der Waals surface area contributed by atoms with Gasteiger partial charge in [-0.3, -0.25) is 9.59 Å². The van der Waals surface area contributed by atoms with E-state index < -0.39 is 11.9 Å². The molecule has 1 aromatic carbocycles. The molecule has 10 nitrogen and oxygen atoms in total. The Hall–Kier alpha value is -4.00. The van der Waals surface area contributed by atoms with Gasteiger partial charge in [0.1, 0.15) is 6.42 Å². The van der Waals surface area contributed by atoms with Crippen molar-refractivity contribution < 1.29 is 19.1 Å². The van der Waals surface area contributed by atoms with Crippen LogP contribution in [0.15, 0.2) is 42.7 Å². The highest BCUT2D eigenvalue weighted by Crippen LogP contribution is 2.12. The number of benzene rings is 1. The summed E-state index contributed by atoms with van der Waals surface area (Å²) in [6.07, 6.45) is 3.09. The minimum absolute atomic E-state index is 0.251. The first-order valence-corrected chi connectivity index (χ1v) is 9.30. The molecule has 1 N–H and O–H groups in total. The molecule has 1 fully saturated rings. The first-order chi connectivity index (χ1) is 14.6. The SMILES string of the molecule is N#CCC(=O)Nc1ccc(C(=O)OCC(=O)N2CCN(c3ncccn3)CC2)cc1. The molecule has 0 spiro atoms. The number of anilines is 2. The van der Waals surface area contributed by atoms with Gasteiger partial charge in [-0.15, -0.1) is 0 Å². The lowest BCUT2D eigenvalue weighted by molar-refractivity contribution is -0.134. The number of carbonyl (C=O) groups excluding carboxylic acids is 3. The molecule has 0 bridgehead atoms. The quantitative estimate of drug-likeness (QED) is 0.696. The third-order valence-electron chi connectivity index (χ3n) is 4.44. The molecule has 0 aliphatic carbocycles. The summed E-state index contributed by atoms with van der Waals surface area (Å²) in [6.45, 7) is 1.84. The molecule has 10 heteroatoms. The van der Waals surface area contributed by atoms with Crippen LogP contribution in [-0.2, 0) is 14.3 Å². The van der Waals surface area contributed by atoms with Crippen LogP contribution >= 0.6 is 0 Å². The Labute approximate surface area is 173 Å². The van der Waals surface area contributed by atoms with E-state index >= 15 is 0 Å². The smallest absolute Gasteiger partial charge is 0.338 e. The summed E-state index contributed by atoms with van der Waals surface area (Å²) in [4.78, 5) is 47.9. The van der Waals surface area contributed by atoms with Crippen LogP contribution in [0, 0.1) is 11.3 Å². The largest absolute Gasteiger partial charge is 0.452 e. The molecule has 1 aromatic heterocycles. The second-order valence-electron chi connectivity index (χ2n) is 6.45. The monoisotopic (exact) mass is 408 g/mol. The number of nitriles is 1. The van der Waals surface area contributed by atoms with E-state index in [1.807, 2.05) is 4.90 Å². The van der Waals surface area contributed by atoms with Gasteiger partial charge in [0.25, 0.3) is 5.91 Å². The van der Waals surface area contributed by atoms with Crippen molar-refractivity contribution in [1.82, 2.24) is 14.9 Å². The first-order valence-electron chi connectivity index (χ1n) is 9.30. The second kappa shape index (κ2) is 9.97. The molecule has 2 amide bonds. The lowest BCUT2D eigenvalue weighted by Crippen LogP contribution is -2.50. The number of carbonyl (C=O) groups is 3. The Balaban J connectivity index is 1.44. The Morgan fingerprint density at radius 1 is 1.07 bits per heavy atom. The van der Waals surface area contributed by atoms with Crippen LogP contribution in [0.3, 0.4) is 0 Å². The highest BCUT2D eigenvalue weighted by atomic mass is 16.5. The van der Waals surface area contributed by atoms with Gasteiger partial charge in [0.15, 0.2) is 6.61 Å². The topological polar surface area (TPSA) is 129 Å². The Kier molecular flexibility index (Phi) is 6.89. The van der Waals surface area contributed by atoms with Crippen LogP contribution in [0.2, 0.25) is 0 Å². The van der Waals surface area contributed by atoms with Crippen molar-refractivity contribution in [1.29, 1.82) is 5.26 Å². The van der Waals surface area contributed by atoms with Gasteiger partial charge in [-0.05, 0) is 30.3 Å². The van der Waals surface area contributed by atoms with Crippen molar-refractivity contribution in [3.63, 3.8) is 0 Å². The molecule has 2 heterocycles. The maximum atomic E-state index is 12.3. The number of hydrogen-bond donors (Lipinski definition) is 1. The van der Waals surface area contributed by atoms with Gasteiger partial charge in [0, 0.05) is 44.3 Å². The van der Waals surface area contributed by atoms with Crippen molar-refractivity contribution in [2.45, 2.75) is 6.42 Å². The number of piperazine rings is 1. The molecule has 0 unspecified atom stereocenters. The summed E-state index contributed by atoms with van der Waals surface area (Å²) in [5.41, 5.74) is 0.718. The number of amides is 2. The molecule has 154 valence electrons. The summed E-state index contributed by atoms with van der Waals surface area (Å²) >= 11 is 0. The van der Waals surface area contributed by atoms with E-state index in [0.717, 1.165) is 0 Å². The minimum Gasteiger partial charge on any atom is -0.452 e. The van der Waals surface area contributed by atoms with Crippen LogP contribution in [0.25, 0.3) is 0 Å². The average molecular weight is 408 g/mol. The number of esters is 1. The molecule has 0 saturated carbocycles. The molecular formula is C20H20N6O4. The first kappa shape index (κ1) is 20.7. The Bertz CT molecular complexity index is 934. The molecule has 0 radical (unpaired) electrons. The van der Waals surface area contributed by atoms with E-state index in [0.29, 0.717) is 37.8 Å². The summed E-state index contributed by atoms with van der Waals surface area (Å²) in [6, 6.07) is 9.51. The molecular weight excluding hydrogens is 388 g/mol. The number of rotatable bonds is 6. The summed E-state index contributed by atoms with van der Waals surface area (Å²) in [5, 5.41) is 11.0. The van der Waals surface area contributed by atoms with E-state index in [-0.39, 0.29) is 24.5 Å². The highest BCUT2D eigenvalue weighted by Gasteiger charge is 2.23. The zero-order valence-electron chi connectivity index (χ0n) is 16.2.